The molecule has 0 saturated carbocycles. The Balaban J connectivity index is -0.000000752. The standard InChI is InChI=1S/2C9H17N.C9H13N.C9H12.C8H18N2.2C8H16N.C2H6.2W/c2*1-8(2)9-4-6-10(3)7-5-9;1-7(2)9-5-4-8(3)10-6-9;1-8(2)9-6-4-3-5-7-9;1-8(2)10-6-4-9(3)5-7-10;1-7(2)8-3-5-9-6-4-8;1-8(2)9-6-4-3-5-7-9;1-2;;/h2*4,8H,5-7H2,1-3H3;4-7H,1-3H3;3-8H,1-2H3;8H,4-7H2,1-3H3;7-8H,3-6H2,1-2H3;3,8H,4-7H2,1-2H3;1-2H3;;/q;;;;;2*-1;;;. The number of piperidine rings is 2. The van der Waals surface area contributed by atoms with Crippen molar-refractivity contribution in [3.8, 4) is 0 Å². The normalized spacial score (nSPS) is 18.1. The van der Waals surface area contributed by atoms with Crippen molar-refractivity contribution >= 4 is 0 Å². The molecule has 412 valence electrons. The van der Waals surface area contributed by atoms with E-state index < -0.39 is 0 Å². The fraction of sp³-hybridized carbons (Fsp3) is 0.742. The van der Waals surface area contributed by atoms with Crippen LogP contribution in [-0.2, 0) is 42.1 Å². The zero-order chi connectivity index (χ0) is 52.3. The molecular formula is C62H115N7W2-2. The molecule has 0 aliphatic carbocycles. The van der Waals surface area contributed by atoms with Gasteiger partial charge in [-0.1, -0.05) is 156 Å². The number of likely N-dealkylation sites (tertiary alicyclic amines) is 1. The molecule has 0 radical (unpaired) electrons. The summed E-state index contributed by atoms with van der Waals surface area (Å²) in [5.74, 6) is 4.60. The van der Waals surface area contributed by atoms with Crippen LogP contribution < -0.4 is 0 Å². The van der Waals surface area contributed by atoms with Crippen LogP contribution in [0.3, 0.4) is 0 Å². The molecule has 0 atom stereocenters. The van der Waals surface area contributed by atoms with Gasteiger partial charge in [0.05, 0.1) is 0 Å². The van der Waals surface area contributed by atoms with Crippen molar-refractivity contribution in [1.82, 2.24) is 29.5 Å². The molecule has 7 nitrogen and oxygen atoms in total. The van der Waals surface area contributed by atoms with Crippen LogP contribution >= 0.6 is 0 Å². The van der Waals surface area contributed by atoms with E-state index in [-0.39, 0.29) is 42.1 Å². The van der Waals surface area contributed by atoms with Gasteiger partial charge in [-0.05, 0) is 134 Å². The van der Waals surface area contributed by atoms with E-state index >= 15 is 0 Å². The van der Waals surface area contributed by atoms with Crippen LogP contribution in [0.5, 0.6) is 0 Å². The third-order valence-electron chi connectivity index (χ3n) is 13.9. The number of piperazine rings is 1. The molecular weight excluding hydrogens is 1210 g/mol. The van der Waals surface area contributed by atoms with Crippen LogP contribution in [0.4, 0.5) is 0 Å². The summed E-state index contributed by atoms with van der Waals surface area (Å²) in [6.45, 7) is 52.1. The molecule has 0 spiro atoms. The topological polar surface area (TPSA) is 43.2 Å². The van der Waals surface area contributed by atoms with Crippen LogP contribution in [0.2, 0.25) is 0 Å². The molecule has 1 aromatic heterocycles. The number of benzene rings is 1. The Bertz CT molecular complexity index is 1460. The predicted molar refractivity (Wildman–Crippen MR) is 310 cm³/mol. The third-order valence-corrected chi connectivity index (χ3v) is 13.9. The summed E-state index contributed by atoms with van der Waals surface area (Å²) in [7, 11) is 6.54. The van der Waals surface area contributed by atoms with Crippen molar-refractivity contribution < 1.29 is 42.1 Å². The Kier molecular flexibility index (Phi) is 47.3. The zero-order valence-corrected chi connectivity index (χ0v) is 56.0. The molecule has 0 amide bonds. The summed E-state index contributed by atoms with van der Waals surface area (Å²) in [4.78, 5) is 16.3. The summed E-state index contributed by atoms with van der Waals surface area (Å²) in [6.07, 6.45) is 16.9. The average Bonchev–Trinajstić information content (AvgIpc) is 3.35. The second-order valence-corrected chi connectivity index (χ2v) is 22.0. The molecule has 1 aromatic carbocycles. The van der Waals surface area contributed by atoms with Crippen LogP contribution in [0, 0.1) is 37.0 Å². The van der Waals surface area contributed by atoms with Gasteiger partial charge in [0.2, 0.25) is 0 Å². The molecule has 6 heterocycles. The summed E-state index contributed by atoms with van der Waals surface area (Å²) >= 11 is 0. The van der Waals surface area contributed by atoms with Crippen LogP contribution in [0.1, 0.15) is 178 Å². The first-order valence-electron chi connectivity index (χ1n) is 28.0. The monoisotopic (exact) mass is 1330 g/mol. The van der Waals surface area contributed by atoms with E-state index in [1.165, 1.54) is 102 Å². The number of nitrogens with zero attached hydrogens (tertiary/aromatic N) is 7. The number of aryl methyl sites for hydroxylation is 1. The van der Waals surface area contributed by atoms with Gasteiger partial charge in [-0.2, -0.15) is 12.8 Å². The van der Waals surface area contributed by atoms with Crippen molar-refractivity contribution in [2.75, 3.05) is 99.7 Å². The maximum atomic E-state index is 4.31. The molecule has 5 aliphatic rings. The van der Waals surface area contributed by atoms with E-state index in [0.29, 0.717) is 11.8 Å². The Morgan fingerprint density at radius 3 is 1.25 bits per heavy atom. The van der Waals surface area contributed by atoms with Gasteiger partial charge in [0.1, 0.15) is 0 Å². The van der Waals surface area contributed by atoms with Gasteiger partial charge in [-0.15, -0.1) is 13.1 Å². The number of hydrogen-bond acceptors (Lipinski definition) is 6. The minimum Gasteiger partial charge on any atom is -0.662 e. The summed E-state index contributed by atoms with van der Waals surface area (Å²) in [5.41, 5.74) is 7.09. The van der Waals surface area contributed by atoms with Gasteiger partial charge < -0.3 is 31.3 Å². The number of hydrogen-bond donors (Lipinski definition) is 0. The van der Waals surface area contributed by atoms with E-state index in [9.17, 15) is 0 Å². The van der Waals surface area contributed by atoms with E-state index in [1.807, 2.05) is 33.0 Å². The van der Waals surface area contributed by atoms with Gasteiger partial charge in [-0.25, -0.2) is 0 Å². The van der Waals surface area contributed by atoms with Gasteiger partial charge in [0.15, 0.2) is 0 Å². The fourth-order valence-corrected chi connectivity index (χ4v) is 8.34. The van der Waals surface area contributed by atoms with Crippen LogP contribution in [0.15, 0.2) is 72.0 Å². The van der Waals surface area contributed by atoms with E-state index in [2.05, 4.69) is 208 Å². The smallest absolute Gasteiger partial charge is 0.0372 e. The van der Waals surface area contributed by atoms with Crippen molar-refractivity contribution in [3.05, 3.63) is 101 Å². The van der Waals surface area contributed by atoms with Crippen molar-refractivity contribution in [1.29, 1.82) is 0 Å². The Hall–Kier alpha value is -1.01. The summed E-state index contributed by atoms with van der Waals surface area (Å²) < 4.78 is 0. The minimum absolute atomic E-state index is 0. The number of pyridine rings is 1. The van der Waals surface area contributed by atoms with E-state index in [0.717, 1.165) is 67.6 Å². The zero-order valence-electron chi connectivity index (χ0n) is 50.1. The van der Waals surface area contributed by atoms with Gasteiger partial charge in [0, 0.05) is 118 Å². The maximum absolute atomic E-state index is 4.31. The Morgan fingerprint density at radius 2 is 0.958 bits per heavy atom. The quantitative estimate of drug-likeness (QED) is 0.203. The summed E-state index contributed by atoms with van der Waals surface area (Å²) in [6, 6.07) is 16.2. The van der Waals surface area contributed by atoms with Gasteiger partial charge >= 0.3 is 0 Å². The molecule has 0 unspecified atom stereocenters. The first kappa shape index (κ1) is 74.2. The molecule has 9 heteroatoms. The van der Waals surface area contributed by atoms with Crippen molar-refractivity contribution in [2.24, 2.45) is 23.7 Å². The first-order valence-corrected chi connectivity index (χ1v) is 28.0. The maximum Gasteiger partial charge on any atom is 0.0372 e. The van der Waals surface area contributed by atoms with Gasteiger partial charge in [-0.3, -0.25) is 9.88 Å². The van der Waals surface area contributed by atoms with Crippen molar-refractivity contribution in [2.45, 2.75) is 180 Å². The average molecular weight is 1330 g/mol. The second kappa shape index (κ2) is 45.2. The molecule has 5 aliphatic heterocycles. The predicted octanol–water partition coefficient (Wildman–Crippen LogP) is 14.9. The molecule has 71 heavy (non-hydrogen) atoms. The molecule has 0 N–H and O–H groups in total. The largest absolute Gasteiger partial charge is 0.662 e. The Morgan fingerprint density at radius 1 is 0.521 bits per heavy atom. The first-order chi connectivity index (χ1) is 32.7. The number of likely N-dealkylation sites (N-methyl/N-ethyl adjacent to an activating group) is 3. The Labute approximate surface area is 472 Å². The second-order valence-electron chi connectivity index (χ2n) is 22.0. The number of rotatable bonds is 7. The third kappa shape index (κ3) is 37.4. The van der Waals surface area contributed by atoms with Gasteiger partial charge in [0.25, 0.3) is 0 Å². The van der Waals surface area contributed by atoms with Crippen LogP contribution in [0.25, 0.3) is 5.32 Å². The van der Waals surface area contributed by atoms with Crippen LogP contribution in [-0.4, -0.2) is 141 Å². The number of aromatic nitrogens is 1. The molecule has 3 saturated heterocycles. The van der Waals surface area contributed by atoms with Crippen molar-refractivity contribution in [3.63, 3.8) is 0 Å². The van der Waals surface area contributed by atoms with E-state index in [4.69, 9.17) is 0 Å². The molecule has 3 fully saturated rings. The summed E-state index contributed by atoms with van der Waals surface area (Å²) in [5, 5.41) is 4.31. The fourth-order valence-electron chi connectivity index (χ4n) is 8.34. The molecule has 7 rings (SSSR count). The van der Waals surface area contributed by atoms with E-state index in [1.54, 1.807) is 11.1 Å². The molecule has 2 aromatic rings. The minimum atomic E-state index is 0. The SMILES string of the molecule is CC.CC(C)C1=CCN(C)CC1.CC(C)C1=CCN(C)CC1.CC(C)C1CC[N-]CC1.CC(C)N1CCN(C)CC1.CC(C)N1CC[CH-]CC1.CC(C)c1ccccc1.Cc1ccc(C(C)C)cn1.[W].[W]. The molecule has 0 bridgehead atoms.